The lowest BCUT2D eigenvalue weighted by atomic mass is 10.3. The standard InChI is InChI=1S/C8H11N3O/c9-4-6-3-7-8(5-11-6)12-2-1-10-7/h3,5,10H,1-2,4,9H2. The van der Waals surface area contributed by atoms with E-state index in [4.69, 9.17) is 10.5 Å². The summed E-state index contributed by atoms with van der Waals surface area (Å²) < 4.78 is 5.36. The second-order valence-corrected chi connectivity index (χ2v) is 2.65. The molecule has 0 unspecified atom stereocenters. The summed E-state index contributed by atoms with van der Waals surface area (Å²) in [6.45, 7) is 2.02. The fourth-order valence-corrected chi connectivity index (χ4v) is 1.20. The molecule has 2 rings (SSSR count). The molecule has 0 aromatic carbocycles. The first-order valence-corrected chi connectivity index (χ1v) is 3.96. The highest BCUT2D eigenvalue weighted by Crippen LogP contribution is 2.25. The molecular formula is C8H11N3O. The lowest BCUT2D eigenvalue weighted by Gasteiger charge is -2.18. The molecule has 0 saturated heterocycles. The molecule has 1 aromatic heterocycles. The largest absolute Gasteiger partial charge is 0.488 e. The molecule has 4 nitrogen and oxygen atoms in total. The first-order valence-electron chi connectivity index (χ1n) is 3.96. The Morgan fingerprint density at radius 2 is 2.58 bits per heavy atom. The zero-order valence-corrected chi connectivity index (χ0v) is 6.71. The summed E-state index contributed by atoms with van der Waals surface area (Å²) >= 11 is 0. The zero-order chi connectivity index (χ0) is 8.39. The highest BCUT2D eigenvalue weighted by Gasteiger charge is 2.09. The zero-order valence-electron chi connectivity index (χ0n) is 6.71. The van der Waals surface area contributed by atoms with Crippen LogP contribution in [0.4, 0.5) is 5.69 Å². The smallest absolute Gasteiger partial charge is 0.160 e. The van der Waals surface area contributed by atoms with Crippen molar-refractivity contribution in [1.29, 1.82) is 0 Å². The molecule has 1 aliphatic rings. The van der Waals surface area contributed by atoms with Crippen LogP contribution in [0.5, 0.6) is 5.75 Å². The maximum atomic E-state index is 5.45. The molecule has 3 N–H and O–H groups in total. The van der Waals surface area contributed by atoms with Gasteiger partial charge in [0.15, 0.2) is 5.75 Å². The van der Waals surface area contributed by atoms with Gasteiger partial charge in [0.25, 0.3) is 0 Å². The van der Waals surface area contributed by atoms with Crippen LogP contribution in [0, 0.1) is 0 Å². The Morgan fingerprint density at radius 1 is 1.67 bits per heavy atom. The van der Waals surface area contributed by atoms with Crippen LogP contribution in [0.2, 0.25) is 0 Å². The van der Waals surface area contributed by atoms with Crippen LogP contribution >= 0.6 is 0 Å². The minimum absolute atomic E-state index is 0.467. The number of hydrogen-bond acceptors (Lipinski definition) is 4. The summed E-state index contributed by atoms with van der Waals surface area (Å²) in [6, 6.07) is 1.93. The van der Waals surface area contributed by atoms with Gasteiger partial charge in [0.1, 0.15) is 6.61 Å². The number of aromatic nitrogens is 1. The van der Waals surface area contributed by atoms with Crippen molar-refractivity contribution in [3.63, 3.8) is 0 Å². The van der Waals surface area contributed by atoms with E-state index in [2.05, 4.69) is 10.3 Å². The van der Waals surface area contributed by atoms with Gasteiger partial charge in [-0.2, -0.15) is 0 Å². The number of nitrogens with two attached hydrogens (primary N) is 1. The van der Waals surface area contributed by atoms with E-state index >= 15 is 0 Å². The fourth-order valence-electron chi connectivity index (χ4n) is 1.20. The second-order valence-electron chi connectivity index (χ2n) is 2.65. The van der Waals surface area contributed by atoms with E-state index in [9.17, 15) is 0 Å². The minimum Gasteiger partial charge on any atom is -0.488 e. The van der Waals surface area contributed by atoms with Crippen LogP contribution in [0.15, 0.2) is 12.3 Å². The molecule has 0 saturated carbocycles. The molecular weight excluding hydrogens is 154 g/mol. The summed E-state index contributed by atoms with van der Waals surface area (Å²) in [5, 5.41) is 3.22. The van der Waals surface area contributed by atoms with Gasteiger partial charge in [-0.05, 0) is 6.07 Å². The third-order valence-electron chi connectivity index (χ3n) is 1.81. The van der Waals surface area contributed by atoms with Crippen LogP contribution in [-0.4, -0.2) is 18.1 Å². The van der Waals surface area contributed by atoms with Crippen molar-refractivity contribution in [1.82, 2.24) is 4.98 Å². The molecule has 0 bridgehead atoms. The summed E-state index contributed by atoms with van der Waals surface area (Å²) in [7, 11) is 0. The minimum atomic E-state index is 0.467. The molecule has 0 radical (unpaired) electrons. The lowest BCUT2D eigenvalue weighted by molar-refractivity contribution is 0.321. The van der Waals surface area contributed by atoms with Crippen molar-refractivity contribution in [2.75, 3.05) is 18.5 Å². The van der Waals surface area contributed by atoms with Crippen molar-refractivity contribution in [2.24, 2.45) is 5.73 Å². The van der Waals surface area contributed by atoms with Gasteiger partial charge >= 0.3 is 0 Å². The van der Waals surface area contributed by atoms with Crippen molar-refractivity contribution in [3.05, 3.63) is 18.0 Å². The maximum absolute atomic E-state index is 5.45. The highest BCUT2D eigenvalue weighted by molar-refractivity contribution is 5.57. The van der Waals surface area contributed by atoms with Gasteiger partial charge < -0.3 is 15.8 Å². The van der Waals surface area contributed by atoms with E-state index in [1.807, 2.05) is 6.07 Å². The number of nitrogens with zero attached hydrogens (tertiary/aromatic N) is 1. The Hall–Kier alpha value is -1.29. The summed E-state index contributed by atoms with van der Waals surface area (Å²) in [4.78, 5) is 4.12. The van der Waals surface area contributed by atoms with Gasteiger partial charge in [-0.15, -0.1) is 0 Å². The molecule has 0 aliphatic carbocycles. The van der Waals surface area contributed by atoms with E-state index in [1.54, 1.807) is 6.20 Å². The molecule has 4 heteroatoms. The molecule has 0 fully saturated rings. The van der Waals surface area contributed by atoms with Crippen LogP contribution in [0.1, 0.15) is 5.69 Å². The topological polar surface area (TPSA) is 60.2 Å². The molecule has 0 atom stereocenters. The Labute approximate surface area is 70.7 Å². The number of nitrogens with one attached hydrogen (secondary N) is 1. The van der Waals surface area contributed by atoms with Crippen molar-refractivity contribution in [3.8, 4) is 5.75 Å². The molecule has 2 heterocycles. The predicted molar refractivity (Wildman–Crippen MR) is 46.1 cm³/mol. The molecule has 1 aliphatic heterocycles. The number of fused-ring (bicyclic) bond motifs is 1. The van der Waals surface area contributed by atoms with E-state index in [-0.39, 0.29) is 0 Å². The number of hydrogen-bond donors (Lipinski definition) is 2. The molecule has 64 valence electrons. The quantitative estimate of drug-likeness (QED) is 0.630. The fraction of sp³-hybridized carbons (Fsp3) is 0.375. The SMILES string of the molecule is NCc1cc2c(cn1)OCCN2. The van der Waals surface area contributed by atoms with Crippen LogP contribution < -0.4 is 15.8 Å². The molecule has 0 spiro atoms. The van der Waals surface area contributed by atoms with Crippen LogP contribution in [0.25, 0.3) is 0 Å². The van der Waals surface area contributed by atoms with Gasteiger partial charge in [-0.1, -0.05) is 0 Å². The Morgan fingerprint density at radius 3 is 3.42 bits per heavy atom. The molecule has 1 aromatic rings. The Bertz CT molecular complexity index is 288. The van der Waals surface area contributed by atoms with E-state index in [0.717, 1.165) is 23.7 Å². The first kappa shape index (κ1) is 7.36. The van der Waals surface area contributed by atoms with Gasteiger partial charge in [0.05, 0.1) is 17.6 Å². The van der Waals surface area contributed by atoms with Gasteiger partial charge in [0, 0.05) is 13.1 Å². The number of ether oxygens (including phenoxy) is 1. The summed E-state index contributed by atoms with van der Waals surface area (Å²) in [5.41, 5.74) is 7.33. The number of pyridine rings is 1. The van der Waals surface area contributed by atoms with E-state index in [1.165, 1.54) is 0 Å². The molecule has 0 amide bonds. The van der Waals surface area contributed by atoms with Crippen molar-refractivity contribution in [2.45, 2.75) is 6.54 Å². The monoisotopic (exact) mass is 165 g/mol. The first-order chi connectivity index (χ1) is 5.90. The average molecular weight is 165 g/mol. The van der Waals surface area contributed by atoms with Gasteiger partial charge in [0.2, 0.25) is 0 Å². The van der Waals surface area contributed by atoms with Crippen LogP contribution in [0.3, 0.4) is 0 Å². The van der Waals surface area contributed by atoms with Crippen molar-refractivity contribution < 1.29 is 4.74 Å². The number of rotatable bonds is 1. The third-order valence-corrected chi connectivity index (χ3v) is 1.81. The van der Waals surface area contributed by atoms with E-state index < -0.39 is 0 Å². The second kappa shape index (κ2) is 2.98. The third kappa shape index (κ3) is 1.21. The van der Waals surface area contributed by atoms with Crippen LogP contribution in [-0.2, 0) is 6.54 Å². The molecule has 12 heavy (non-hydrogen) atoms. The van der Waals surface area contributed by atoms with E-state index in [0.29, 0.717) is 13.2 Å². The Kier molecular flexibility index (Phi) is 1.83. The summed E-state index contributed by atoms with van der Waals surface area (Å²) in [6.07, 6.45) is 1.71. The predicted octanol–water partition coefficient (Wildman–Crippen LogP) is 0.345. The maximum Gasteiger partial charge on any atom is 0.160 e. The Balaban J connectivity index is 2.36. The lowest BCUT2D eigenvalue weighted by Crippen LogP contribution is -2.18. The highest BCUT2D eigenvalue weighted by atomic mass is 16.5. The van der Waals surface area contributed by atoms with Gasteiger partial charge in [-0.25, -0.2) is 0 Å². The normalized spacial score (nSPS) is 14.4. The average Bonchev–Trinajstić information content (AvgIpc) is 2.17. The van der Waals surface area contributed by atoms with Crippen molar-refractivity contribution >= 4 is 5.69 Å². The summed E-state index contributed by atoms with van der Waals surface area (Å²) in [5.74, 6) is 0.818. The van der Waals surface area contributed by atoms with Gasteiger partial charge in [-0.3, -0.25) is 4.98 Å². The number of anilines is 1.